The van der Waals surface area contributed by atoms with E-state index in [0.717, 1.165) is 32.1 Å². The van der Waals surface area contributed by atoms with Gasteiger partial charge in [-0.05, 0) is 69.4 Å². The quantitative estimate of drug-likeness (QED) is 0.563. The molecule has 0 spiro atoms. The number of benzene rings is 1. The van der Waals surface area contributed by atoms with Gasteiger partial charge < -0.3 is 0 Å². The van der Waals surface area contributed by atoms with Crippen LogP contribution in [0.5, 0.6) is 0 Å². The molecule has 2 saturated carbocycles. The summed E-state index contributed by atoms with van der Waals surface area (Å²) in [6.07, 6.45) is 11.4. The Kier molecular flexibility index (Phi) is 5.32. The van der Waals surface area contributed by atoms with Gasteiger partial charge in [0.1, 0.15) is 0 Å². The fourth-order valence-electron chi connectivity index (χ4n) is 5.43. The molecule has 0 N–H and O–H groups in total. The Bertz CT molecular complexity index is 900. The molecule has 0 aliphatic heterocycles. The molecule has 2 aliphatic rings. The molecule has 148 valence electrons. The summed E-state index contributed by atoms with van der Waals surface area (Å²) < 4.78 is 2.31. The summed E-state index contributed by atoms with van der Waals surface area (Å²) in [5, 5.41) is 16.5. The lowest BCUT2D eigenvalue weighted by Gasteiger charge is -2.35. The maximum absolute atomic E-state index is 10.2. The molecule has 2 aromatic rings. The number of rotatable bonds is 4. The Morgan fingerprint density at radius 3 is 2.54 bits per heavy atom. The van der Waals surface area contributed by atoms with Crippen molar-refractivity contribution in [3.05, 3.63) is 41.6 Å². The number of nitriles is 1. The van der Waals surface area contributed by atoms with Crippen LogP contribution in [0.1, 0.15) is 88.9 Å². The molecule has 0 saturated heterocycles. The van der Waals surface area contributed by atoms with Crippen LogP contribution in [0.4, 0.5) is 0 Å². The fourth-order valence-corrected chi connectivity index (χ4v) is 5.43. The summed E-state index contributed by atoms with van der Waals surface area (Å²) >= 11 is 0. The van der Waals surface area contributed by atoms with Crippen molar-refractivity contribution in [1.29, 1.82) is 5.26 Å². The molecule has 0 bridgehead atoms. The molecular formula is C25H33N3. The van der Waals surface area contributed by atoms with E-state index in [1.807, 2.05) is 0 Å². The van der Waals surface area contributed by atoms with Gasteiger partial charge in [-0.3, -0.25) is 4.68 Å². The Morgan fingerprint density at radius 2 is 1.93 bits per heavy atom. The molecule has 2 fully saturated rings. The first-order valence-electron chi connectivity index (χ1n) is 11.2. The van der Waals surface area contributed by atoms with Crippen molar-refractivity contribution in [2.75, 3.05) is 0 Å². The number of allylic oxidation sites excluding steroid dienone is 1. The number of fused-ring (bicyclic) bond motifs is 1. The average Bonchev–Trinajstić information content (AvgIpc) is 3.12. The minimum Gasteiger partial charge on any atom is -0.262 e. The molecule has 28 heavy (non-hydrogen) atoms. The minimum atomic E-state index is -0.353. The highest BCUT2D eigenvalue weighted by atomic mass is 15.3. The molecule has 1 heterocycles. The highest BCUT2D eigenvalue weighted by Gasteiger charge is 2.37. The standard InChI is InChI=1S/C25H33N3/c1-4-23-22-11-10-20(25(17-26)14-12-19(13-15-25)18(2)3)16-24(22)28(27-23)21-8-6-5-7-9-21/h10-11,16,19,21H,2,4-9,12-15H2,1,3H3. The van der Waals surface area contributed by atoms with Crippen LogP contribution in [0.15, 0.2) is 30.4 Å². The summed E-state index contributed by atoms with van der Waals surface area (Å²) in [7, 11) is 0. The second kappa shape index (κ2) is 7.74. The number of aromatic nitrogens is 2. The maximum Gasteiger partial charge on any atom is 0.0823 e. The molecule has 0 radical (unpaired) electrons. The zero-order valence-corrected chi connectivity index (χ0v) is 17.5. The van der Waals surface area contributed by atoms with Crippen LogP contribution < -0.4 is 0 Å². The second-order valence-corrected chi connectivity index (χ2v) is 9.08. The molecule has 2 aliphatic carbocycles. The van der Waals surface area contributed by atoms with Gasteiger partial charge in [-0.1, -0.05) is 50.5 Å². The Morgan fingerprint density at radius 1 is 1.21 bits per heavy atom. The highest BCUT2D eigenvalue weighted by molar-refractivity contribution is 5.83. The number of hydrogen-bond donors (Lipinski definition) is 0. The Labute approximate surface area is 169 Å². The SMILES string of the molecule is C=C(C)C1CCC(C#N)(c2ccc3c(CC)nn(C4CCCCC4)c3c2)CC1. The van der Waals surface area contributed by atoms with Gasteiger partial charge in [0, 0.05) is 5.39 Å². The average molecular weight is 376 g/mol. The lowest BCUT2D eigenvalue weighted by Crippen LogP contribution is -2.30. The normalized spacial score (nSPS) is 26.2. The van der Waals surface area contributed by atoms with Crippen LogP contribution in [0.2, 0.25) is 0 Å². The molecular weight excluding hydrogens is 342 g/mol. The van der Waals surface area contributed by atoms with E-state index in [4.69, 9.17) is 5.10 Å². The minimum absolute atomic E-state index is 0.353. The van der Waals surface area contributed by atoms with Crippen LogP contribution in [0.25, 0.3) is 10.9 Å². The van der Waals surface area contributed by atoms with Gasteiger partial charge in [0.2, 0.25) is 0 Å². The van der Waals surface area contributed by atoms with Gasteiger partial charge >= 0.3 is 0 Å². The lowest BCUT2D eigenvalue weighted by atomic mass is 9.66. The predicted molar refractivity (Wildman–Crippen MR) is 115 cm³/mol. The van der Waals surface area contributed by atoms with Gasteiger partial charge in [0.05, 0.1) is 28.7 Å². The van der Waals surface area contributed by atoms with E-state index in [1.54, 1.807) is 0 Å². The topological polar surface area (TPSA) is 41.6 Å². The van der Waals surface area contributed by atoms with Gasteiger partial charge in [0.25, 0.3) is 0 Å². The van der Waals surface area contributed by atoms with Crippen molar-refractivity contribution < 1.29 is 0 Å². The third-order valence-corrected chi connectivity index (χ3v) is 7.34. The van der Waals surface area contributed by atoms with Crippen LogP contribution in [-0.4, -0.2) is 9.78 Å². The molecule has 0 amide bonds. The van der Waals surface area contributed by atoms with Gasteiger partial charge in [0.15, 0.2) is 0 Å². The predicted octanol–water partition coefficient (Wildman–Crippen LogP) is 6.63. The van der Waals surface area contributed by atoms with Crippen molar-refractivity contribution in [2.24, 2.45) is 5.92 Å². The molecule has 0 unspecified atom stereocenters. The molecule has 1 aromatic carbocycles. The van der Waals surface area contributed by atoms with Crippen molar-refractivity contribution in [1.82, 2.24) is 9.78 Å². The number of hydrogen-bond acceptors (Lipinski definition) is 2. The Balaban J connectivity index is 1.74. The van der Waals surface area contributed by atoms with Crippen LogP contribution in [0.3, 0.4) is 0 Å². The van der Waals surface area contributed by atoms with Gasteiger partial charge in [-0.2, -0.15) is 10.4 Å². The second-order valence-electron chi connectivity index (χ2n) is 9.08. The molecule has 3 nitrogen and oxygen atoms in total. The van der Waals surface area contributed by atoms with E-state index in [9.17, 15) is 5.26 Å². The summed E-state index contributed by atoms with van der Waals surface area (Å²) in [6.45, 7) is 8.47. The van der Waals surface area contributed by atoms with E-state index in [2.05, 4.69) is 49.4 Å². The summed E-state index contributed by atoms with van der Waals surface area (Å²) in [6, 6.07) is 9.98. The van der Waals surface area contributed by atoms with E-state index in [1.165, 1.54) is 59.8 Å². The number of nitrogens with zero attached hydrogens (tertiary/aromatic N) is 3. The van der Waals surface area contributed by atoms with Crippen LogP contribution in [0, 0.1) is 17.2 Å². The van der Waals surface area contributed by atoms with Crippen molar-refractivity contribution >= 4 is 10.9 Å². The first-order valence-corrected chi connectivity index (χ1v) is 11.2. The monoisotopic (exact) mass is 375 g/mol. The van der Waals surface area contributed by atoms with E-state index in [0.29, 0.717) is 12.0 Å². The fraction of sp³-hybridized carbons (Fsp3) is 0.600. The summed E-state index contributed by atoms with van der Waals surface area (Å²) in [5.41, 5.74) is 4.56. The van der Waals surface area contributed by atoms with E-state index in [-0.39, 0.29) is 5.41 Å². The first kappa shape index (κ1) is 19.2. The van der Waals surface area contributed by atoms with Crippen molar-refractivity contribution in [3.63, 3.8) is 0 Å². The largest absolute Gasteiger partial charge is 0.262 e. The summed E-state index contributed by atoms with van der Waals surface area (Å²) in [5.74, 6) is 0.574. The zero-order chi connectivity index (χ0) is 19.7. The molecule has 0 atom stereocenters. The third kappa shape index (κ3) is 3.28. The van der Waals surface area contributed by atoms with Crippen molar-refractivity contribution in [3.8, 4) is 6.07 Å². The third-order valence-electron chi connectivity index (χ3n) is 7.34. The molecule has 3 heteroatoms. The summed E-state index contributed by atoms with van der Waals surface area (Å²) in [4.78, 5) is 0. The molecule has 1 aromatic heterocycles. The van der Waals surface area contributed by atoms with Gasteiger partial charge in [-0.25, -0.2) is 0 Å². The smallest absolute Gasteiger partial charge is 0.0823 e. The van der Waals surface area contributed by atoms with Crippen LogP contribution >= 0.6 is 0 Å². The van der Waals surface area contributed by atoms with E-state index >= 15 is 0 Å². The first-order chi connectivity index (χ1) is 13.6. The van der Waals surface area contributed by atoms with Crippen LogP contribution in [-0.2, 0) is 11.8 Å². The lowest BCUT2D eigenvalue weighted by molar-refractivity contribution is 0.306. The Hall–Kier alpha value is -2.08. The molecule has 4 rings (SSSR count). The van der Waals surface area contributed by atoms with Gasteiger partial charge in [-0.15, -0.1) is 0 Å². The van der Waals surface area contributed by atoms with Crippen molar-refractivity contribution in [2.45, 2.75) is 89.5 Å². The highest BCUT2D eigenvalue weighted by Crippen LogP contribution is 2.44. The van der Waals surface area contributed by atoms with E-state index < -0.39 is 0 Å². The number of aryl methyl sites for hydroxylation is 1. The zero-order valence-electron chi connectivity index (χ0n) is 17.5. The maximum atomic E-state index is 10.2.